The topological polar surface area (TPSA) is 84.1 Å². The van der Waals surface area contributed by atoms with E-state index in [0.717, 1.165) is 22.6 Å². The highest BCUT2D eigenvalue weighted by Gasteiger charge is 2.38. The van der Waals surface area contributed by atoms with Crippen molar-refractivity contribution in [2.45, 2.75) is 39.0 Å². The van der Waals surface area contributed by atoms with Crippen molar-refractivity contribution < 1.29 is 9.18 Å². The van der Waals surface area contributed by atoms with Gasteiger partial charge in [-0.3, -0.25) is 9.48 Å². The highest BCUT2D eigenvalue weighted by atomic mass is 19.1. The molecule has 1 unspecified atom stereocenters. The van der Waals surface area contributed by atoms with Crippen LogP contribution in [-0.2, 0) is 13.0 Å². The molecular formula is C21H22FN7O. The van der Waals surface area contributed by atoms with Gasteiger partial charge in [0.15, 0.2) is 0 Å². The van der Waals surface area contributed by atoms with Crippen LogP contribution in [0.4, 0.5) is 4.39 Å². The van der Waals surface area contributed by atoms with Crippen molar-refractivity contribution in [1.29, 1.82) is 0 Å². The average molecular weight is 407 g/mol. The molecule has 1 amide bonds. The van der Waals surface area contributed by atoms with Crippen LogP contribution in [-0.4, -0.2) is 46.7 Å². The highest BCUT2D eigenvalue weighted by Crippen LogP contribution is 2.35. The summed E-state index contributed by atoms with van der Waals surface area (Å²) >= 11 is 0. The Kier molecular flexibility index (Phi) is 4.38. The summed E-state index contributed by atoms with van der Waals surface area (Å²) in [5, 5.41) is 8.92. The molecule has 154 valence electrons. The molecule has 0 fully saturated rings. The second-order valence-corrected chi connectivity index (χ2v) is 7.43. The fourth-order valence-electron chi connectivity index (χ4n) is 4.27. The van der Waals surface area contributed by atoms with Crippen LogP contribution in [0, 0.1) is 0 Å². The van der Waals surface area contributed by atoms with E-state index in [-0.39, 0.29) is 5.91 Å². The summed E-state index contributed by atoms with van der Waals surface area (Å²) < 4.78 is 17.7. The molecule has 0 saturated heterocycles. The molecule has 8 nitrogen and oxygen atoms in total. The molecule has 9 heteroatoms. The van der Waals surface area contributed by atoms with E-state index in [0.29, 0.717) is 30.8 Å². The first-order valence-electron chi connectivity index (χ1n) is 10.1. The zero-order chi connectivity index (χ0) is 20.8. The van der Waals surface area contributed by atoms with Gasteiger partial charge in [0.25, 0.3) is 5.91 Å². The fraction of sp³-hybridized carbons (Fsp3) is 0.333. The van der Waals surface area contributed by atoms with Crippen molar-refractivity contribution in [3.8, 4) is 0 Å². The molecule has 5 rings (SSSR count). The number of carbonyl (C=O) groups excluding carboxylic acids is 1. The first-order chi connectivity index (χ1) is 14.6. The van der Waals surface area contributed by atoms with Gasteiger partial charge in [-0.2, -0.15) is 10.2 Å². The molecule has 30 heavy (non-hydrogen) atoms. The van der Waals surface area contributed by atoms with E-state index in [9.17, 15) is 9.18 Å². The minimum atomic E-state index is -1.30. The van der Waals surface area contributed by atoms with Gasteiger partial charge in [-0.15, -0.1) is 0 Å². The lowest BCUT2D eigenvalue weighted by atomic mass is 9.98. The van der Waals surface area contributed by atoms with Crippen LogP contribution in [0.5, 0.6) is 0 Å². The van der Waals surface area contributed by atoms with Crippen LogP contribution in [0.25, 0.3) is 5.52 Å². The zero-order valence-electron chi connectivity index (χ0n) is 16.8. The van der Waals surface area contributed by atoms with E-state index in [1.54, 1.807) is 20.4 Å². The van der Waals surface area contributed by atoms with Crippen LogP contribution >= 0.6 is 0 Å². The third kappa shape index (κ3) is 2.80. The Bertz CT molecular complexity index is 1190. The molecule has 4 aromatic heterocycles. The number of aryl methyl sites for hydroxylation is 1. The van der Waals surface area contributed by atoms with E-state index in [2.05, 4.69) is 15.1 Å². The van der Waals surface area contributed by atoms with Gasteiger partial charge in [0.05, 0.1) is 40.7 Å². The number of alkyl halides is 1. The molecule has 2 atom stereocenters. The number of rotatable bonds is 4. The number of imidazole rings is 1. The van der Waals surface area contributed by atoms with E-state index >= 15 is 0 Å². The zero-order valence-corrected chi connectivity index (χ0v) is 16.8. The molecule has 5 heterocycles. The number of aromatic nitrogens is 6. The maximum Gasteiger partial charge on any atom is 0.258 e. The maximum atomic E-state index is 14.4. The lowest BCUT2D eigenvalue weighted by Gasteiger charge is -2.34. The molecule has 1 aliphatic rings. The second kappa shape index (κ2) is 7.08. The fourth-order valence-corrected chi connectivity index (χ4v) is 4.27. The van der Waals surface area contributed by atoms with E-state index < -0.39 is 12.2 Å². The van der Waals surface area contributed by atoms with Crippen molar-refractivity contribution in [3.63, 3.8) is 0 Å². The Hall–Kier alpha value is -3.49. The maximum absolute atomic E-state index is 14.4. The van der Waals surface area contributed by atoms with E-state index in [1.165, 1.54) is 13.1 Å². The van der Waals surface area contributed by atoms with Gasteiger partial charge in [-0.05, 0) is 32.0 Å². The summed E-state index contributed by atoms with van der Waals surface area (Å²) in [6.07, 6.45) is 4.33. The summed E-state index contributed by atoms with van der Waals surface area (Å²) in [5.41, 5.74) is 4.02. The standard InChI is InChI=1S/C21H22FN7O/c1-3-28-19(13(2)22)15(11-25-28)21(30)27-9-7-16-18(24-12-23-16)20(27)17-10-14-6-4-5-8-29(14)26-17/h4-6,8,10-13,20H,3,7,9H2,1-2H3,(H,23,24)/t13?,20-/m0/s1. The third-order valence-corrected chi connectivity index (χ3v) is 5.64. The predicted octanol–water partition coefficient (Wildman–Crippen LogP) is 3.09. The molecule has 0 aliphatic carbocycles. The average Bonchev–Trinajstić information content (AvgIpc) is 3.49. The van der Waals surface area contributed by atoms with Crippen molar-refractivity contribution in [1.82, 2.24) is 34.3 Å². The van der Waals surface area contributed by atoms with Gasteiger partial charge in [0, 0.05) is 31.4 Å². The van der Waals surface area contributed by atoms with Gasteiger partial charge in [0.2, 0.25) is 0 Å². The van der Waals surface area contributed by atoms with E-state index in [4.69, 9.17) is 5.10 Å². The number of nitrogens with one attached hydrogen (secondary N) is 1. The molecule has 1 aliphatic heterocycles. The summed E-state index contributed by atoms with van der Waals surface area (Å²) in [6.45, 7) is 4.28. The summed E-state index contributed by atoms with van der Waals surface area (Å²) in [6, 6.07) is 7.31. The van der Waals surface area contributed by atoms with Gasteiger partial charge in [0.1, 0.15) is 12.2 Å². The van der Waals surface area contributed by atoms with Crippen molar-refractivity contribution >= 4 is 11.4 Å². The Labute approximate surface area is 172 Å². The molecule has 0 saturated carbocycles. The number of amides is 1. The Morgan fingerprint density at radius 1 is 1.40 bits per heavy atom. The van der Waals surface area contributed by atoms with Crippen molar-refractivity contribution in [2.75, 3.05) is 6.54 Å². The largest absolute Gasteiger partial charge is 0.348 e. The SMILES string of the molecule is CCn1ncc(C(=O)N2CCc3[nH]cnc3[C@@H]2c2cc3ccccn3n2)c1C(C)F. The monoisotopic (exact) mass is 407 g/mol. The third-order valence-electron chi connectivity index (χ3n) is 5.64. The quantitative estimate of drug-likeness (QED) is 0.563. The molecule has 0 radical (unpaired) electrons. The highest BCUT2D eigenvalue weighted by molar-refractivity contribution is 5.96. The Morgan fingerprint density at radius 2 is 2.27 bits per heavy atom. The van der Waals surface area contributed by atoms with Gasteiger partial charge in [-0.25, -0.2) is 13.9 Å². The van der Waals surface area contributed by atoms with Crippen LogP contribution in [0.1, 0.15) is 59.2 Å². The Balaban J connectivity index is 1.62. The molecule has 0 spiro atoms. The smallest absolute Gasteiger partial charge is 0.258 e. The van der Waals surface area contributed by atoms with Crippen LogP contribution in [0.3, 0.4) is 0 Å². The number of carbonyl (C=O) groups is 1. The van der Waals surface area contributed by atoms with Crippen molar-refractivity contribution in [2.24, 2.45) is 0 Å². The molecule has 0 aromatic carbocycles. The van der Waals surface area contributed by atoms with Gasteiger partial charge >= 0.3 is 0 Å². The second-order valence-electron chi connectivity index (χ2n) is 7.43. The number of fused-ring (bicyclic) bond motifs is 2. The number of H-pyrrole nitrogens is 1. The number of halogens is 1. The van der Waals surface area contributed by atoms with Gasteiger partial charge in [-0.1, -0.05) is 6.07 Å². The van der Waals surface area contributed by atoms with Crippen molar-refractivity contribution in [3.05, 3.63) is 71.3 Å². The number of aromatic amines is 1. The van der Waals surface area contributed by atoms with Crippen LogP contribution < -0.4 is 0 Å². The number of nitrogens with zero attached hydrogens (tertiary/aromatic N) is 6. The molecule has 1 N–H and O–H groups in total. The summed E-state index contributed by atoms with van der Waals surface area (Å²) in [7, 11) is 0. The minimum Gasteiger partial charge on any atom is -0.348 e. The number of hydrogen-bond acceptors (Lipinski definition) is 4. The molecule has 4 aromatic rings. The van der Waals surface area contributed by atoms with Crippen LogP contribution in [0.15, 0.2) is 43.0 Å². The lowest BCUT2D eigenvalue weighted by Crippen LogP contribution is -2.41. The minimum absolute atomic E-state index is 0.259. The molecule has 0 bridgehead atoms. The van der Waals surface area contributed by atoms with E-state index in [1.807, 2.05) is 37.4 Å². The first-order valence-corrected chi connectivity index (χ1v) is 10.1. The number of hydrogen-bond donors (Lipinski definition) is 1. The summed E-state index contributed by atoms with van der Waals surface area (Å²) in [5.74, 6) is -0.259. The van der Waals surface area contributed by atoms with Gasteiger partial charge < -0.3 is 9.88 Å². The first kappa shape index (κ1) is 18.5. The van der Waals surface area contributed by atoms with Crippen LogP contribution in [0.2, 0.25) is 0 Å². The normalized spacial score (nSPS) is 17.3. The Morgan fingerprint density at radius 3 is 3.03 bits per heavy atom. The summed E-state index contributed by atoms with van der Waals surface area (Å²) in [4.78, 5) is 23.0. The number of pyridine rings is 1. The lowest BCUT2D eigenvalue weighted by molar-refractivity contribution is 0.0683. The predicted molar refractivity (Wildman–Crippen MR) is 108 cm³/mol. The molecular weight excluding hydrogens is 385 g/mol.